The molecule has 2 aliphatic rings. The largest absolute Gasteiger partial charge is 0.467 e. The molecule has 4 nitrogen and oxygen atoms in total. The average Bonchev–Trinajstić information content (AvgIpc) is 2.72. The maximum atomic E-state index is 13.2. The monoisotopic (exact) mass is 397 g/mol. The molecular formula is C23H24ClNO3. The van der Waals surface area contributed by atoms with E-state index in [1.165, 1.54) is 12.7 Å². The van der Waals surface area contributed by atoms with Crippen LogP contribution in [0.25, 0.3) is 0 Å². The van der Waals surface area contributed by atoms with Gasteiger partial charge in [-0.05, 0) is 79.0 Å². The molecule has 0 spiro atoms. The van der Waals surface area contributed by atoms with Crippen LogP contribution in [0.5, 0.6) is 0 Å². The van der Waals surface area contributed by atoms with Gasteiger partial charge in [-0.25, -0.2) is 4.79 Å². The summed E-state index contributed by atoms with van der Waals surface area (Å²) in [6, 6.07) is 11.6. The molecule has 1 amide bonds. The number of aryl methyl sites for hydroxylation is 2. The lowest BCUT2D eigenvalue weighted by atomic mass is 9.77. The van der Waals surface area contributed by atoms with Crippen LogP contribution in [-0.2, 0) is 35.2 Å². The van der Waals surface area contributed by atoms with Crippen molar-refractivity contribution in [1.29, 1.82) is 0 Å². The van der Waals surface area contributed by atoms with Crippen LogP contribution < -0.4 is 5.32 Å². The first kappa shape index (κ1) is 19.0. The van der Waals surface area contributed by atoms with Crippen LogP contribution in [0.2, 0.25) is 5.02 Å². The molecule has 0 saturated heterocycles. The molecule has 5 heteroatoms. The standard InChI is InChI=1S/C23H24ClNO3/c1-28-22(27)23(12-11-16-13-18(24)10-9-17(16)14-23)25-21(26)20-8-4-6-15-5-2-3-7-19(15)20/h4,6,8-10,13H,2-3,5,7,11-12,14H2,1H3,(H,25,26). The van der Waals surface area contributed by atoms with Crippen molar-refractivity contribution in [3.8, 4) is 0 Å². The Kier molecular flexibility index (Phi) is 5.15. The molecular weight excluding hydrogens is 374 g/mol. The fourth-order valence-corrected chi connectivity index (χ4v) is 4.76. The molecule has 1 atom stereocenters. The summed E-state index contributed by atoms with van der Waals surface area (Å²) in [4.78, 5) is 26.0. The third-order valence-corrected chi connectivity index (χ3v) is 6.29. The van der Waals surface area contributed by atoms with Gasteiger partial charge in [0, 0.05) is 17.0 Å². The Balaban J connectivity index is 1.66. The Labute approximate surface area is 170 Å². The third-order valence-electron chi connectivity index (χ3n) is 6.05. The summed E-state index contributed by atoms with van der Waals surface area (Å²) in [7, 11) is 1.37. The van der Waals surface area contributed by atoms with Crippen LogP contribution in [0.3, 0.4) is 0 Å². The summed E-state index contributed by atoms with van der Waals surface area (Å²) in [5.74, 6) is -0.590. The number of carbonyl (C=O) groups is 2. The zero-order valence-electron chi connectivity index (χ0n) is 16.0. The van der Waals surface area contributed by atoms with Crippen molar-refractivity contribution >= 4 is 23.5 Å². The molecule has 0 aliphatic heterocycles. The number of nitrogens with one attached hydrogen (secondary N) is 1. The molecule has 146 valence electrons. The minimum absolute atomic E-state index is 0.193. The average molecular weight is 398 g/mol. The van der Waals surface area contributed by atoms with Crippen LogP contribution in [-0.4, -0.2) is 24.5 Å². The molecule has 0 heterocycles. The van der Waals surface area contributed by atoms with Gasteiger partial charge in [-0.3, -0.25) is 4.79 Å². The van der Waals surface area contributed by atoms with E-state index in [-0.39, 0.29) is 5.91 Å². The Morgan fingerprint density at radius 2 is 1.86 bits per heavy atom. The number of ether oxygens (including phenoxy) is 1. The molecule has 4 rings (SSSR count). The molecule has 0 radical (unpaired) electrons. The van der Waals surface area contributed by atoms with Crippen molar-refractivity contribution in [2.75, 3.05) is 7.11 Å². The first-order chi connectivity index (χ1) is 13.5. The van der Waals surface area contributed by atoms with Crippen molar-refractivity contribution in [3.05, 3.63) is 69.2 Å². The van der Waals surface area contributed by atoms with Gasteiger partial charge in [-0.1, -0.05) is 29.8 Å². The lowest BCUT2D eigenvalue weighted by molar-refractivity contribution is -0.148. The fourth-order valence-electron chi connectivity index (χ4n) is 4.57. The fraction of sp³-hybridized carbons (Fsp3) is 0.391. The quantitative estimate of drug-likeness (QED) is 0.795. The van der Waals surface area contributed by atoms with Gasteiger partial charge in [0.25, 0.3) is 5.91 Å². The number of rotatable bonds is 3. The summed E-state index contributed by atoms with van der Waals surface area (Å²) < 4.78 is 5.10. The highest BCUT2D eigenvalue weighted by molar-refractivity contribution is 6.30. The number of amides is 1. The molecule has 1 N–H and O–H groups in total. The van der Waals surface area contributed by atoms with Gasteiger partial charge in [-0.15, -0.1) is 0 Å². The number of esters is 1. The molecule has 0 saturated carbocycles. The van der Waals surface area contributed by atoms with E-state index in [1.54, 1.807) is 0 Å². The van der Waals surface area contributed by atoms with Gasteiger partial charge in [0.05, 0.1) is 7.11 Å². The second-order valence-corrected chi connectivity index (χ2v) is 8.20. The van der Waals surface area contributed by atoms with Crippen molar-refractivity contribution in [2.24, 2.45) is 0 Å². The van der Waals surface area contributed by atoms with Gasteiger partial charge in [-0.2, -0.15) is 0 Å². The number of fused-ring (bicyclic) bond motifs is 2. The maximum absolute atomic E-state index is 13.2. The van der Waals surface area contributed by atoms with E-state index in [4.69, 9.17) is 16.3 Å². The van der Waals surface area contributed by atoms with Crippen molar-refractivity contribution in [2.45, 2.75) is 50.5 Å². The Morgan fingerprint density at radius 1 is 1.04 bits per heavy atom. The van der Waals surface area contributed by atoms with Crippen molar-refractivity contribution in [1.82, 2.24) is 5.32 Å². The zero-order chi connectivity index (χ0) is 19.7. The highest BCUT2D eigenvalue weighted by atomic mass is 35.5. The van der Waals surface area contributed by atoms with Crippen molar-refractivity contribution < 1.29 is 14.3 Å². The second-order valence-electron chi connectivity index (χ2n) is 7.77. The number of benzene rings is 2. The highest BCUT2D eigenvalue weighted by Gasteiger charge is 2.44. The third kappa shape index (κ3) is 3.42. The van der Waals surface area contributed by atoms with E-state index < -0.39 is 11.5 Å². The Hall–Kier alpha value is -2.33. The van der Waals surface area contributed by atoms with Gasteiger partial charge in [0.15, 0.2) is 0 Å². The number of hydrogen-bond donors (Lipinski definition) is 1. The van der Waals surface area contributed by atoms with Gasteiger partial charge >= 0.3 is 5.97 Å². The molecule has 2 aromatic rings. The SMILES string of the molecule is COC(=O)C1(NC(=O)c2cccc3c2CCCC3)CCc2cc(Cl)ccc2C1. The van der Waals surface area contributed by atoms with Crippen LogP contribution >= 0.6 is 11.6 Å². The van der Waals surface area contributed by atoms with E-state index in [1.807, 2.05) is 30.3 Å². The first-order valence-corrected chi connectivity index (χ1v) is 10.2. The van der Waals surface area contributed by atoms with Gasteiger partial charge in [0.2, 0.25) is 0 Å². The van der Waals surface area contributed by atoms with Crippen LogP contribution in [0.1, 0.15) is 51.9 Å². The van der Waals surface area contributed by atoms with Gasteiger partial charge in [0.1, 0.15) is 5.54 Å². The minimum Gasteiger partial charge on any atom is -0.467 e. The predicted molar refractivity (Wildman–Crippen MR) is 109 cm³/mol. The van der Waals surface area contributed by atoms with E-state index in [9.17, 15) is 9.59 Å². The predicted octanol–water partition coefficient (Wildman–Crippen LogP) is 4.05. The molecule has 2 aliphatic carbocycles. The summed E-state index contributed by atoms with van der Waals surface area (Å²) >= 11 is 6.11. The smallest absolute Gasteiger partial charge is 0.331 e. The number of halogens is 1. The van der Waals surface area contributed by atoms with Gasteiger partial charge < -0.3 is 10.1 Å². The summed E-state index contributed by atoms with van der Waals surface area (Å²) in [6.45, 7) is 0. The lowest BCUT2D eigenvalue weighted by Crippen LogP contribution is -2.58. The van der Waals surface area contributed by atoms with Crippen LogP contribution in [0.4, 0.5) is 0 Å². The Bertz CT molecular complexity index is 939. The van der Waals surface area contributed by atoms with E-state index in [0.29, 0.717) is 29.8 Å². The summed E-state index contributed by atoms with van der Waals surface area (Å²) in [5.41, 5.74) is 4.14. The second kappa shape index (κ2) is 7.59. The van der Waals surface area contributed by atoms with E-state index >= 15 is 0 Å². The maximum Gasteiger partial charge on any atom is 0.331 e. The minimum atomic E-state index is -1.05. The Morgan fingerprint density at radius 3 is 2.68 bits per heavy atom. The molecule has 0 fully saturated rings. The number of carbonyl (C=O) groups excluding carboxylic acids is 2. The summed E-state index contributed by atoms with van der Waals surface area (Å²) in [5, 5.41) is 3.74. The molecule has 1 unspecified atom stereocenters. The first-order valence-electron chi connectivity index (χ1n) is 9.81. The molecule has 0 aromatic heterocycles. The van der Waals surface area contributed by atoms with E-state index in [2.05, 4.69) is 11.4 Å². The number of hydrogen-bond acceptors (Lipinski definition) is 3. The molecule has 0 bridgehead atoms. The van der Waals surface area contributed by atoms with E-state index in [0.717, 1.165) is 42.4 Å². The summed E-state index contributed by atoms with van der Waals surface area (Å²) in [6.07, 6.45) is 5.73. The number of methoxy groups -OCH3 is 1. The zero-order valence-corrected chi connectivity index (χ0v) is 16.8. The van der Waals surface area contributed by atoms with Crippen LogP contribution in [0, 0.1) is 0 Å². The normalized spacial score (nSPS) is 20.6. The molecule has 28 heavy (non-hydrogen) atoms. The molecule has 2 aromatic carbocycles. The van der Waals surface area contributed by atoms with Crippen LogP contribution in [0.15, 0.2) is 36.4 Å². The lowest BCUT2D eigenvalue weighted by Gasteiger charge is -2.36. The van der Waals surface area contributed by atoms with Crippen molar-refractivity contribution in [3.63, 3.8) is 0 Å². The highest BCUT2D eigenvalue weighted by Crippen LogP contribution is 2.32. The topological polar surface area (TPSA) is 55.4 Å².